The molecule has 2 heterocycles. The number of hydrogen-bond acceptors (Lipinski definition) is 5. The zero-order valence-electron chi connectivity index (χ0n) is 16.9. The van der Waals surface area contributed by atoms with Crippen LogP contribution in [0.25, 0.3) is 0 Å². The molecular formula is C19H29N3O5S. The molecule has 1 aromatic carbocycles. The van der Waals surface area contributed by atoms with Gasteiger partial charge in [0.1, 0.15) is 11.9 Å². The summed E-state index contributed by atoms with van der Waals surface area (Å²) in [5.41, 5.74) is 0. The van der Waals surface area contributed by atoms with Gasteiger partial charge in [0.05, 0.1) is 25.2 Å². The summed E-state index contributed by atoms with van der Waals surface area (Å²) >= 11 is 0. The molecule has 0 radical (unpaired) electrons. The van der Waals surface area contributed by atoms with Gasteiger partial charge in [0.25, 0.3) is 0 Å². The van der Waals surface area contributed by atoms with E-state index in [9.17, 15) is 13.2 Å². The van der Waals surface area contributed by atoms with Crippen molar-refractivity contribution in [3.05, 3.63) is 24.3 Å². The minimum absolute atomic E-state index is 0.0528. The van der Waals surface area contributed by atoms with Crippen LogP contribution >= 0.6 is 0 Å². The number of carbonyl (C=O) groups excluding carboxylic acids is 1. The lowest BCUT2D eigenvalue weighted by Gasteiger charge is -2.38. The van der Waals surface area contributed by atoms with E-state index in [1.165, 1.54) is 11.4 Å². The molecule has 0 aromatic heterocycles. The Labute approximate surface area is 167 Å². The van der Waals surface area contributed by atoms with Crippen molar-refractivity contribution in [2.24, 2.45) is 5.92 Å². The van der Waals surface area contributed by atoms with Crippen molar-refractivity contribution in [1.82, 2.24) is 14.1 Å². The lowest BCUT2D eigenvalue weighted by atomic mass is 10.1. The molecule has 2 aliphatic rings. The van der Waals surface area contributed by atoms with Gasteiger partial charge in [-0.3, -0.25) is 0 Å². The van der Waals surface area contributed by atoms with E-state index < -0.39 is 16.2 Å². The van der Waals surface area contributed by atoms with Gasteiger partial charge in [-0.15, -0.1) is 0 Å². The standard InChI is InChI=1S/C19H29N3O5S/c1-14(2)18-21(28(24,25)17-7-5-16(26-4)6-8-17)13-15(3)22(18)19(23)20-9-11-27-12-10-20/h5-8,14-15,18H,9-13H2,1-4H3/t15-,18-/m0/s1. The van der Waals surface area contributed by atoms with E-state index in [1.807, 2.05) is 20.8 Å². The molecule has 0 unspecified atom stereocenters. The number of benzene rings is 1. The van der Waals surface area contributed by atoms with Crippen LogP contribution in [0.15, 0.2) is 29.2 Å². The molecular weight excluding hydrogens is 382 g/mol. The molecule has 28 heavy (non-hydrogen) atoms. The lowest BCUT2D eigenvalue weighted by molar-refractivity contribution is 0.0334. The van der Waals surface area contributed by atoms with E-state index in [1.54, 1.807) is 34.1 Å². The third-order valence-corrected chi connectivity index (χ3v) is 7.11. The van der Waals surface area contributed by atoms with Crippen molar-refractivity contribution >= 4 is 16.1 Å². The molecule has 0 N–H and O–H groups in total. The molecule has 0 bridgehead atoms. The Balaban J connectivity index is 1.91. The maximum absolute atomic E-state index is 13.4. The van der Waals surface area contributed by atoms with Gasteiger partial charge >= 0.3 is 6.03 Å². The number of morpholine rings is 1. The van der Waals surface area contributed by atoms with Crippen LogP contribution in [-0.2, 0) is 14.8 Å². The highest BCUT2D eigenvalue weighted by atomic mass is 32.2. The van der Waals surface area contributed by atoms with Crippen molar-refractivity contribution in [2.75, 3.05) is 40.0 Å². The third-order valence-electron chi connectivity index (χ3n) is 5.26. The van der Waals surface area contributed by atoms with Crippen LogP contribution in [0, 0.1) is 5.92 Å². The second-order valence-electron chi connectivity index (χ2n) is 7.55. The Hall–Kier alpha value is -1.84. The smallest absolute Gasteiger partial charge is 0.321 e. The van der Waals surface area contributed by atoms with Gasteiger partial charge in [-0.05, 0) is 37.1 Å². The van der Waals surface area contributed by atoms with E-state index >= 15 is 0 Å². The number of amides is 2. The Kier molecular flexibility index (Phi) is 6.16. The molecule has 1 aromatic rings. The molecule has 0 saturated carbocycles. The number of hydrogen-bond donors (Lipinski definition) is 0. The molecule has 9 heteroatoms. The van der Waals surface area contributed by atoms with E-state index in [0.29, 0.717) is 32.1 Å². The highest BCUT2D eigenvalue weighted by Crippen LogP contribution is 2.33. The van der Waals surface area contributed by atoms with E-state index in [0.717, 1.165) is 0 Å². The predicted octanol–water partition coefficient (Wildman–Crippen LogP) is 1.82. The summed E-state index contributed by atoms with van der Waals surface area (Å²) in [4.78, 5) is 16.8. The number of rotatable bonds is 4. The second kappa shape index (κ2) is 8.26. The average Bonchev–Trinajstić information content (AvgIpc) is 3.06. The lowest BCUT2D eigenvalue weighted by Crippen LogP contribution is -2.55. The van der Waals surface area contributed by atoms with Crippen molar-refractivity contribution < 1.29 is 22.7 Å². The van der Waals surface area contributed by atoms with Crippen molar-refractivity contribution in [2.45, 2.75) is 37.9 Å². The maximum atomic E-state index is 13.4. The Morgan fingerprint density at radius 1 is 1.18 bits per heavy atom. The molecule has 156 valence electrons. The fraction of sp³-hybridized carbons (Fsp3) is 0.632. The van der Waals surface area contributed by atoms with E-state index in [4.69, 9.17) is 9.47 Å². The van der Waals surface area contributed by atoms with Gasteiger partial charge in [-0.2, -0.15) is 4.31 Å². The second-order valence-corrected chi connectivity index (χ2v) is 9.44. The molecule has 0 spiro atoms. The number of ether oxygens (including phenoxy) is 2. The van der Waals surface area contributed by atoms with Gasteiger partial charge in [-0.25, -0.2) is 13.2 Å². The predicted molar refractivity (Wildman–Crippen MR) is 105 cm³/mol. The van der Waals surface area contributed by atoms with Crippen LogP contribution in [0.1, 0.15) is 20.8 Å². The summed E-state index contributed by atoms with van der Waals surface area (Å²) in [7, 11) is -2.21. The molecule has 2 aliphatic heterocycles. The van der Waals surface area contributed by atoms with Gasteiger partial charge in [0.2, 0.25) is 10.0 Å². The fourth-order valence-electron chi connectivity index (χ4n) is 3.85. The van der Waals surface area contributed by atoms with Crippen LogP contribution in [0.5, 0.6) is 5.75 Å². The van der Waals surface area contributed by atoms with Crippen LogP contribution in [0.3, 0.4) is 0 Å². The Bertz CT molecular complexity index is 790. The minimum Gasteiger partial charge on any atom is -0.497 e. The van der Waals surface area contributed by atoms with Crippen LogP contribution in [-0.4, -0.2) is 80.7 Å². The third kappa shape index (κ3) is 3.83. The van der Waals surface area contributed by atoms with Gasteiger partial charge in [0.15, 0.2) is 0 Å². The Morgan fingerprint density at radius 2 is 1.79 bits per heavy atom. The number of sulfonamides is 1. The van der Waals surface area contributed by atoms with Crippen LogP contribution in [0.2, 0.25) is 0 Å². The topological polar surface area (TPSA) is 79.4 Å². The molecule has 8 nitrogen and oxygen atoms in total. The number of nitrogens with zero attached hydrogens (tertiary/aromatic N) is 3. The van der Waals surface area contributed by atoms with Gasteiger partial charge < -0.3 is 19.3 Å². The van der Waals surface area contributed by atoms with Gasteiger partial charge in [-0.1, -0.05) is 13.8 Å². The summed E-state index contributed by atoms with van der Waals surface area (Å²) in [5.74, 6) is 0.543. The highest BCUT2D eigenvalue weighted by Gasteiger charge is 2.48. The summed E-state index contributed by atoms with van der Waals surface area (Å²) in [6, 6.07) is 6.02. The fourth-order valence-corrected chi connectivity index (χ4v) is 5.64. The normalized spacial score (nSPS) is 24.0. The minimum atomic E-state index is -3.75. The number of methoxy groups -OCH3 is 1. The van der Waals surface area contributed by atoms with Crippen LogP contribution < -0.4 is 4.74 Å². The maximum Gasteiger partial charge on any atom is 0.321 e. The van der Waals surface area contributed by atoms with Gasteiger partial charge in [0, 0.05) is 25.7 Å². The molecule has 2 fully saturated rings. The van der Waals surface area contributed by atoms with E-state index in [-0.39, 0.29) is 29.4 Å². The first-order valence-corrected chi connectivity index (χ1v) is 11.0. The zero-order chi connectivity index (χ0) is 20.5. The number of urea groups is 1. The molecule has 2 amide bonds. The first-order valence-electron chi connectivity index (χ1n) is 9.58. The SMILES string of the molecule is COc1ccc(S(=O)(=O)N2C[C@H](C)N(C(=O)N3CCOCC3)[C@H]2C(C)C)cc1. The molecule has 2 saturated heterocycles. The van der Waals surface area contributed by atoms with Crippen molar-refractivity contribution in [3.63, 3.8) is 0 Å². The monoisotopic (exact) mass is 411 g/mol. The summed E-state index contributed by atoms with van der Waals surface area (Å²) in [6.45, 7) is 8.13. The number of carbonyl (C=O) groups is 1. The van der Waals surface area contributed by atoms with Crippen molar-refractivity contribution in [1.29, 1.82) is 0 Å². The summed E-state index contributed by atoms with van der Waals surface area (Å²) in [6.07, 6.45) is -0.530. The summed E-state index contributed by atoms with van der Waals surface area (Å²) < 4.78 is 38.6. The highest BCUT2D eigenvalue weighted by molar-refractivity contribution is 7.89. The molecule has 0 aliphatic carbocycles. The molecule has 2 atom stereocenters. The first kappa shape index (κ1) is 20.9. The van der Waals surface area contributed by atoms with Crippen molar-refractivity contribution in [3.8, 4) is 5.75 Å². The molecule has 3 rings (SSSR count). The summed E-state index contributed by atoms with van der Waals surface area (Å²) in [5, 5.41) is 0. The average molecular weight is 412 g/mol. The first-order chi connectivity index (χ1) is 13.3. The largest absolute Gasteiger partial charge is 0.497 e. The Morgan fingerprint density at radius 3 is 2.32 bits per heavy atom. The van der Waals surface area contributed by atoms with E-state index in [2.05, 4.69) is 0 Å². The quantitative estimate of drug-likeness (QED) is 0.755. The zero-order valence-corrected chi connectivity index (χ0v) is 17.7. The van der Waals surface area contributed by atoms with Crippen LogP contribution in [0.4, 0.5) is 4.79 Å².